The second-order valence-corrected chi connectivity index (χ2v) is 5.26. The van der Waals surface area contributed by atoms with E-state index in [4.69, 9.17) is 11.6 Å². The second-order valence-electron chi connectivity index (χ2n) is 3.79. The SMILES string of the molecule is FC(F)(F)SCCC(CCl)Cc1ccccc1. The Morgan fingerprint density at radius 3 is 2.35 bits per heavy atom. The van der Waals surface area contributed by atoms with Gasteiger partial charge < -0.3 is 0 Å². The van der Waals surface area contributed by atoms with Crippen LogP contribution in [-0.4, -0.2) is 17.1 Å². The van der Waals surface area contributed by atoms with Gasteiger partial charge in [-0.1, -0.05) is 42.1 Å². The molecule has 0 amide bonds. The van der Waals surface area contributed by atoms with Crippen LogP contribution >= 0.6 is 23.4 Å². The van der Waals surface area contributed by atoms with Gasteiger partial charge in [0.25, 0.3) is 0 Å². The Morgan fingerprint density at radius 1 is 1.18 bits per heavy atom. The molecule has 0 saturated carbocycles. The van der Waals surface area contributed by atoms with Crippen LogP contribution in [0.1, 0.15) is 12.0 Å². The van der Waals surface area contributed by atoms with Crippen molar-refractivity contribution in [3.05, 3.63) is 35.9 Å². The first-order valence-corrected chi connectivity index (χ1v) is 6.84. The Bertz CT molecular complexity index is 313. The van der Waals surface area contributed by atoms with Crippen molar-refractivity contribution in [3.8, 4) is 0 Å². The zero-order chi connectivity index (χ0) is 12.7. The van der Waals surface area contributed by atoms with E-state index >= 15 is 0 Å². The fourth-order valence-electron chi connectivity index (χ4n) is 1.52. The largest absolute Gasteiger partial charge is 0.441 e. The summed E-state index contributed by atoms with van der Waals surface area (Å²) in [5.74, 6) is 0.579. The van der Waals surface area contributed by atoms with Crippen molar-refractivity contribution in [1.29, 1.82) is 0 Å². The molecule has 1 aromatic carbocycles. The van der Waals surface area contributed by atoms with Crippen LogP contribution in [0.5, 0.6) is 0 Å². The molecule has 0 aliphatic heterocycles. The highest BCUT2D eigenvalue weighted by atomic mass is 35.5. The van der Waals surface area contributed by atoms with E-state index in [2.05, 4.69) is 0 Å². The summed E-state index contributed by atoms with van der Waals surface area (Å²) in [7, 11) is 0. The number of benzene rings is 1. The van der Waals surface area contributed by atoms with Gasteiger partial charge in [0.2, 0.25) is 0 Å². The Balaban J connectivity index is 2.34. The highest BCUT2D eigenvalue weighted by molar-refractivity contribution is 8.00. The molecular weight excluding hydrogens is 269 g/mol. The Hall–Kier alpha value is -0.350. The highest BCUT2D eigenvalue weighted by Gasteiger charge is 2.27. The van der Waals surface area contributed by atoms with Gasteiger partial charge in [-0.25, -0.2) is 0 Å². The third-order valence-electron chi connectivity index (χ3n) is 2.38. The van der Waals surface area contributed by atoms with Crippen molar-refractivity contribution in [2.45, 2.75) is 18.3 Å². The van der Waals surface area contributed by atoms with E-state index in [-0.39, 0.29) is 23.4 Å². The minimum absolute atomic E-state index is 0.0292. The zero-order valence-electron chi connectivity index (χ0n) is 9.21. The molecule has 0 nitrogen and oxygen atoms in total. The number of rotatable bonds is 6. The molecule has 0 aliphatic carbocycles. The Morgan fingerprint density at radius 2 is 1.82 bits per heavy atom. The lowest BCUT2D eigenvalue weighted by Gasteiger charge is -2.14. The summed E-state index contributed by atoms with van der Waals surface area (Å²) < 4.78 is 35.9. The van der Waals surface area contributed by atoms with Crippen molar-refractivity contribution < 1.29 is 13.2 Å². The van der Waals surface area contributed by atoms with Crippen LogP contribution < -0.4 is 0 Å². The summed E-state index contributed by atoms with van der Waals surface area (Å²) in [6.07, 6.45) is 1.23. The molecule has 96 valence electrons. The quantitative estimate of drug-likeness (QED) is 0.680. The summed E-state index contributed by atoms with van der Waals surface area (Å²) in [6.45, 7) is 0. The van der Waals surface area contributed by atoms with E-state index in [0.717, 1.165) is 12.0 Å². The molecule has 0 radical (unpaired) electrons. The smallest absolute Gasteiger partial charge is 0.160 e. The van der Waals surface area contributed by atoms with Crippen LogP contribution in [-0.2, 0) is 6.42 Å². The zero-order valence-corrected chi connectivity index (χ0v) is 10.8. The Kier molecular flexibility index (Phi) is 6.20. The minimum Gasteiger partial charge on any atom is -0.160 e. The van der Waals surface area contributed by atoms with E-state index < -0.39 is 5.51 Å². The third-order valence-corrected chi connectivity index (χ3v) is 3.58. The van der Waals surface area contributed by atoms with Crippen LogP contribution in [0.25, 0.3) is 0 Å². The van der Waals surface area contributed by atoms with Gasteiger partial charge in [-0.3, -0.25) is 0 Å². The van der Waals surface area contributed by atoms with Crippen molar-refractivity contribution in [2.24, 2.45) is 5.92 Å². The van der Waals surface area contributed by atoms with E-state index in [0.29, 0.717) is 12.3 Å². The molecular formula is C12H14ClF3S. The minimum atomic E-state index is -4.14. The summed E-state index contributed by atoms with van der Waals surface area (Å²) in [5.41, 5.74) is -3.01. The Labute approximate surface area is 109 Å². The standard InChI is InChI=1S/C12H14ClF3S/c13-9-11(6-7-17-12(14,15)16)8-10-4-2-1-3-5-10/h1-5,11H,6-9H2. The first-order valence-electron chi connectivity index (χ1n) is 5.32. The van der Waals surface area contributed by atoms with Crippen LogP contribution in [0.15, 0.2) is 30.3 Å². The number of hydrogen-bond acceptors (Lipinski definition) is 1. The van der Waals surface area contributed by atoms with Gasteiger partial charge >= 0.3 is 5.51 Å². The molecule has 0 saturated heterocycles. The predicted octanol–water partition coefficient (Wildman–Crippen LogP) is 4.73. The summed E-state index contributed by atoms with van der Waals surface area (Å²) in [6, 6.07) is 9.70. The first-order chi connectivity index (χ1) is 8.01. The number of halogens is 4. The molecule has 1 aromatic rings. The molecule has 0 aliphatic rings. The van der Waals surface area contributed by atoms with Crippen LogP contribution in [0.4, 0.5) is 13.2 Å². The molecule has 0 spiro atoms. The molecule has 1 unspecified atom stereocenters. The van der Waals surface area contributed by atoms with Gasteiger partial charge in [0.15, 0.2) is 0 Å². The third kappa shape index (κ3) is 6.84. The van der Waals surface area contributed by atoms with Crippen molar-refractivity contribution in [3.63, 3.8) is 0 Å². The number of hydrogen-bond donors (Lipinski definition) is 0. The topological polar surface area (TPSA) is 0 Å². The van der Waals surface area contributed by atoms with Crippen LogP contribution in [0.3, 0.4) is 0 Å². The van der Waals surface area contributed by atoms with Gasteiger partial charge in [-0.05, 0) is 24.3 Å². The maximum Gasteiger partial charge on any atom is 0.441 e. The maximum atomic E-state index is 12.0. The van der Waals surface area contributed by atoms with Crippen molar-refractivity contribution in [1.82, 2.24) is 0 Å². The van der Waals surface area contributed by atoms with E-state index in [1.54, 1.807) is 0 Å². The molecule has 1 rings (SSSR count). The maximum absolute atomic E-state index is 12.0. The van der Waals surface area contributed by atoms with Gasteiger partial charge in [0.05, 0.1) is 0 Å². The fourth-order valence-corrected chi connectivity index (χ4v) is 2.47. The second kappa shape index (κ2) is 7.17. The van der Waals surface area contributed by atoms with Gasteiger partial charge in [-0.15, -0.1) is 11.6 Å². The van der Waals surface area contributed by atoms with Gasteiger partial charge in [0.1, 0.15) is 0 Å². The van der Waals surface area contributed by atoms with Crippen LogP contribution in [0, 0.1) is 5.92 Å². The average molecular weight is 283 g/mol. The lowest BCUT2D eigenvalue weighted by Crippen LogP contribution is -2.10. The summed E-state index contributed by atoms with van der Waals surface area (Å²) in [4.78, 5) is 0. The highest BCUT2D eigenvalue weighted by Crippen LogP contribution is 2.31. The van der Waals surface area contributed by atoms with E-state index in [1.165, 1.54) is 0 Å². The molecule has 0 aromatic heterocycles. The molecule has 0 bridgehead atoms. The summed E-state index contributed by atoms with van der Waals surface area (Å²) >= 11 is 5.81. The summed E-state index contributed by atoms with van der Waals surface area (Å²) in [5, 5.41) is 0. The average Bonchev–Trinajstić information content (AvgIpc) is 2.27. The lowest BCUT2D eigenvalue weighted by atomic mass is 9.99. The number of alkyl halides is 4. The normalized spacial score (nSPS) is 13.6. The molecule has 5 heteroatoms. The monoisotopic (exact) mass is 282 g/mol. The number of thioether (sulfide) groups is 1. The predicted molar refractivity (Wildman–Crippen MR) is 67.5 cm³/mol. The lowest BCUT2D eigenvalue weighted by molar-refractivity contribution is -0.0328. The molecule has 0 N–H and O–H groups in total. The van der Waals surface area contributed by atoms with Crippen molar-refractivity contribution >= 4 is 23.4 Å². The van der Waals surface area contributed by atoms with Gasteiger partial charge in [0, 0.05) is 11.6 Å². The van der Waals surface area contributed by atoms with Gasteiger partial charge in [-0.2, -0.15) is 13.2 Å². The van der Waals surface area contributed by atoms with E-state index in [1.807, 2.05) is 30.3 Å². The van der Waals surface area contributed by atoms with Crippen LogP contribution in [0.2, 0.25) is 0 Å². The van der Waals surface area contributed by atoms with E-state index in [9.17, 15) is 13.2 Å². The van der Waals surface area contributed by atoms with Crippen molar-refractivity contribution in [2.75, 3.05) is 11.6 Å². The fraction of sp³-hybridized carbons (Fsp3) is 0.500. The molecule has 0 fully saturated rings. The first kappa shape index (κ1) is 14.7. The molecule has 1 atom stereocenters. The molecule has 0 heterocycles. The molecule has 17 heavy (non-hydrogen) atoms.